The van der Waals surface area contributed by atoms with Crippen molar-refractivity contribution in [3.8, 4) is 0 Å². The van der Waals surface area contributed by atoms with Gasteiger partial charge in [0.1, 0.15) is 5.84 Å². The predicted octanol–water partition coefficient (Wildman–Crippen LogP) is 2.24. The van der Waals surface area contributed by atoms with Crippen molar-refractivity contribution in [2.75, 3.05) is 13.1 Å². The van der Waals surface area contributed by atoms with E-state index in [0.29, 0.717) is 25.9 Å². The SMILES string of the molecule is CCc1ccc(C(=O)N2CCC(C)(/C(N)=N/O)CC2)cc1. The lowest BCUT2D eigenvalue weighted by Gasteiger charge is -2.38. The van der Waals surface area contributed by atoms with Crippen molar-refractivity contribution in [2.24, 2.45) is 16.3 Å². The van der Waals surface area contributed by atoms with E-state index in [2.05, 4.69) is 12.1 Å². The van der Waals surface area contributed by atoms with Gasteiger partial charge in [-0.3, -0.25) is 4.79 Å². The molecule has 1 aliphatic heterocycles. The molecule has 0 unspecified atom stereocenters. The number of amides is 1. The molecule has 0 aliphatic carbocycles. The van der Waals surface area contributed by atoms with Crippen molar-refractivity contribution in [1.82, 2.24) is 4.90 Å². The van der Waals surface area contributed by atoms with Gasteiger partial charge in [-0.1, -0.05) is 31.1 Å². The summed E-state index contributed by atoms with van der Waals surface area (Å²) in [6.45, 7) is 5.32. The molecule has 0 saturated carbocycles. The first-order valence-corrected chi connectivity index (χ1v) is 7.36. The van der Waals surface area contributed by atoms with Crippen LogP contribution in [0.15, 0.2) is 29.4 Å². The highest BCUT2D eigenvalue weighted by Gasteiger charge is 2.35. The number of carbonyl (C=O) groups is 1. The first-order chi connectivity index (χ1) is 10.00. The van der Waals surface area contributed by atoms with Gasteiger partial charge >= 0.3 is 0 Å². The summed E-state index contributed by atoms with van der Waals surface area (Å²) in [6.07, 6.45) is 2.39. The number of likely N-dealkylation sites (tertiary alicyclic amines) is 1. The van der Waals surface area contributed by atoms with Crippen molar-refractivity contribution < 1.29 is 10.0 Å². The Bertz CT molecular complexity index is 529. The van der Waals surface area contributed by atoms with Crippen LogP contribution in [0.4, 0.5) is 0 Å². The van der Waals surface area contributed by atoms with Crippen LogP contribution in [0, 0.1) is 5.41 Å². The minimum atomic E-state index is -0.322. The van der Waals surface area contributed by atoms with Crippen molar-refractivity contribution >= 4 is 11.7 Å². The number of rotatable bonds is 3. The summed E-state index contributed by atoms with van der Waals surface area (Å²) in [7, 11) is 0. The smallest absolute Gasteiger partial charge is 0.253 e. The fourth-order valence-electron chi connectivity index (χ4n) is 2.65. The molecule has 1 saturated heterocycles. The quantitative estimate of drug-likeness (QED) is 0.387. The standard InChI is InChI=1S/C16H23N3O2/c1-3-12-4-6-13(7-5-12)14(20)19-10-8-16(2,9-11-19)15(17)18-21/h4-7,21H,3,8-11H2,1-2H3,(H2,17,18). The van der Waals surface area contributed by atoms with Crippen LogP contribution in [-0.4, -0.2) is 34.9 Å². The first-order valence-electron chi connectivity index (χ1n) is 7.36. The van der Waals surface area contributed by atoms with E-state index in [-0.39, 0.29) is 17.2 Å². The lowest BCUT2D eigenvalue weighted by Crippen LogP contribution is -2.47. The number of nitrogens with zero attached hydrogens (tertiary/aromatic N) is 2. The second-order valence-corrected chi connectivity index (χ2v) is 5.89. The molecular weight excluding hydrogens is 266 g/mol. The number of benzene rings is 1. The van der Waals surface area contributed by atoms with Gasteiger partial charge in [0.2, 0.25) is 0 Å². The monoisotopic (exact) mass is 289 g/mol. The van der Waals surface area contributed by atoms with Crippen LogP contribution in [0.3, 0.4) is 0 Å². The maximum atomic E-state index is 12.5. The average molecular weight is 289 g/mol. The number of piperidine rings is 1. The zero-order valence-corrected chi connectivity index (χ0v) is 12.7. The lowest BCUT2D eigenvalue weighted by molar-refractivity contribution is 0.0666. The van der Waals surface area contributed by atoms with E-state index in [1.165, 1.54) is 5.56 Å². The van der Waals surface area contributed by atoms with E-state index >= 15 is 0 Å². The number of hydrogen-bond donors (Lipinski definition) is 2. The Balaban J connectivity index is 2.03. The normalized spacial score (nSPS) is 18.6. The molecule has 5 nitrogen and oxygen atoms in total. The zero-order valence-electron chi connectivity index (χ0n) is 12.7. The molecule has 0 aromatic heterocycles. The minimum Gasteiger partial charge on any atom is -0.409 e. The van der Waals surface area contributed by atoms with Gasteiger partial charge in [0.25, 0.3) is 5.91 Å². The Morgan fingerprint density at radius 3 is 2.38 bits per heavy atom. The largest absolute Gasteiger partial charge is 0.409 e. The molecule has 1 amide bonds. The number of aryl methyl sites for hydroxylation is 1. The van der Waals surface area contributed by atoms with E-state index in [0.717, 1.165) is 12.0 Å². The molecule has 5 heteroatoms. The molecule has 0 spiro atoms. The van der Waals surface area contributed by atoms with Gasteiger partial charge in [0.05, 0.1) is 0 Å². The average Bonchev–Trinajstić information content (AvgIpc) is 2.54. The molecule has 0 radical (unpaired) electrons. The third-order valence-corrected chi connectivity index (χ3v) is 4.49. The molecule has 21 heavy (non-hydrogen) atoms. The second-order valence-electron chi connectivity index (χ2n) is 5.89. The van der Waals surface area contributed by atoms with Crippen LogP contribution in [0.2, 0.25) is 0 Å². The van der Waals surface area contributed by atoms with Gasteiger partial charge in [-0.05, 0) is 37.0 Å². The summed E-state index contributed by atoms with van der Waals surface area (Å²) in [5, 5.41) is 12.0. The molecule has 1 heterocycles. The number of carbonyl (C=O) groups excluding carboxylic acids is 1. The number of oxime groups is 1. The Morgan fingerprint density at radius 2 is 1.90 bits per heavy atom. The predicted molar refractivity (Wildman–Crippen MR) is 82.5 cm³/mol. The fraction of sp³-hybridized carbons (Fsp3) is 0.500. The van der Waals surface area contributed by atoms with E-state index in [1.807, 2.05) is 36.1 Å². The number of nitrogens with two attached hydrogens (primary N) is 1. The first kappa shape index (κ1) is 15.4. The third-order valence-electron chi connectivity index (χ3n) is 4.49. The van der Waals surface area contributed by atoms with Crippen molar-refractivity contribution in [2.45, 2.75) is 33.1 Å². The maximum absolute atomic E-state index is 12.5. The van der Waals surface area contributed by atoms with E-state index in [1.54, 1.807) is 0 Å². The molecule has 3 N–H and O–H groups in total. The molecule has 1 fully saturated rings. The highest BCUT2D eigenvalue weighted by molar-refractivity contribution is 5.94. The van der Waals surface area contributed by atoms with Crippen LogP contribution in [-0.2, 0) is 6.42 Å². The van der Waals surface area contributed by atoms with Gasteiger partial charge in [0.15, 0.2) is 0 Å². The molecular formula is C16H23N3O2. The van der Waals surface area contributed by atoms with Crippen LogP contribution >= 0.6 is 0 Å². The van der Waals surface area contributed by atoms with E-state index < -0.39 is 0 Å². The molecule has 0 bridgehead atoms. The van der Waals surface area contributed by atoms with Crippen molar-refractivity contribution in [3.05, 3.63) is 35.4 Å². The summed E-state index contributed by atoms with van der Waals surface area (Å²) in [6, 6.07) is 7.77. The van der Waals surface area contributed by atoms with Crippen molar-refractivity contribution in [1.29, 1.82) is 0 Å². The molecule has 1 aliphatic rings. The van der Waals surface area contributed by atoms with Gasteiger partial charge in [-0.15, -0.1) is 0 Å². The van der Waals surface area contributed by atoms with Crippen LogP contribution in [0.5, 0.6) is 0 Å². The van der Waals surface area contributed by atoms with Gasteiger partial charge in [-0.2, -0.15) is 0 Å². The van der Waals surface area contributed by atoms with Gasteiger partial charge in [-0.25, -0.2) is 0 Å². The highest BCUT2D eigenvalue weighted by Crippen LogP contribution is 2.31. The third kappa shape index (κ3) is 3.17. The summed E-state index contributed by atoms with van der Waals surface area (Å²) in [4.78, 5) is 14.3. The van der Waals surface area contributed by atoms with Gasteiger partial charge in [0, 0.05) is 24.1 Å². The fourth-order valence-corrected chi connectivity index (χ4v) is 2.65. The Morgan fingerprint density at radius 1 is 1.33 bits per heavy atom. The Kier molecular flexibility index (Phi) is 4.50. The number of hydrogen-bond acceptors (Lipinski definition) is 3. The summed E-state index contributed by atoms with van der Waals surface area (Å²) in [5.41, 5.74) is 7.37. The van der Waals surface area contributed by atoms with Gasteiger partial charge < -0.3 is 15.8 Å². The topological polar surface area (TPSA) is 78.9 Å². The zero-order chi connectivity index (χ0) is 15.5. The summed E-state index contributed by atoms with van der Waals surface area (Å²) < 4.78 is 0. The van der Waals surface area contributed by atoms with E-state index in [9.17, 15) is 4.79 Å². The van der Waals surface area contributed by atoms with E-state index in [4.69, 9.17) is 10.9 Å². The summed E-state index contributed by atoms with van der Waals surface area (Å²) >= 11 is 0. The summed E-state index contributed by atoms with van der Waals surface area (Å²) in [5.74, 6) is 0.307. The number of amidine groups is 1. The minimum absolute atomic E-state index is 0.0548. The lowest BCUT2D eigenvalue weighted by atomic mass is 9.79. The van der Waals surface area contributed by atoms with Crippen LogP contribution in [0.25, 0.3) is 0 Å². The highest BCUT2D eigenvalue weighted by atomic mass is 16.4. The Labute approximate surface area is 125 Å². The molecule has 114 valence electrons. The molecule has 1 aromatic carbocycles. The maximum Gasteiger partial charge on any atom is 0.253 e. The second kappa shape index (κ2) is 6.16. The molecule has 1 aromatic rings. The van der Waals surface area contributed by atoms with Crippen LogP contribution in [0.1, 0.15) is 42.6 Å². The van der Waals surface area contributed by atoms with Crippen LogP contribution < -0.4 is 5.73 Å². The Hall–Kier alpha value is -2.04. The van der Waals surface area contributed by atoms with Crippen molar-refractivity contribution in [3.63, 3.8) is 0 Å². The molecule has 2 rings (SSSR count). The molecule has 0 atom stereocenters.